The fraction of sp³-hybridized carbons (Fsp3) is 0.200. The van der Waals surface area contributed by atoms with E-state index in [0.29, 0.717) is 17.3 Å². The summed E-state index contributed by atoms with van der Waals surface area (Å²) in [5, 5.41) is 11.0. The number of amidine groups is 1. The standard InChI is InChI=1S/C15H13N4O3/c1-17-6-7-18-14-13(8-10(9-16-14)19(20)21)22-12-5-3-2-4-11(12)15(17)18/h2-5,8-9H,6-7H2,1H3/q+1. The molecule has 0 bridgehead atoms. The van der Waals surface area contributed by atoms with E-state index in [2.05, 4.69) is 9.56 Å². The summed E-state index contributed by atoms with van der Waals surface area (Å²) in [6.45, 7) is 1.63. The van der Waals surface area contributed by atoms with Crippen molar-refractivity contribution in [3.8, 4) is 11.5 Å². The zero-order chi connectivity index (χ0) is 15.3. The minimum atomic E-state index is -0.464. The molecule has 0 saturated heterocycles. The molecule has 1 aromatic carbocycles. The van der Waals surface area contributed by atoms with E-state index in [-0.39, 0.29) is 5.69 Å². The van der Waals surface area contributed by atoms with Gasteiger partial charge in [-0.2, -0.15) is 0 Å². The Morgan fingerprint density at radius 2 is 2.18 bits per heavy atom. The lowest BCUT2D eigenvalue weighted by atomic mass is 10.1. The van der Waals surface area contributed by atoms with E-state index >= 15 is 0 Å². The van der Waals surface area contributed by atoms with Gasteiger partial charge in [0.2, 0.25) is 5.75 Å². The first-order chi connectivity index (χ1) is 10.6. The van der Waals surface area contributed by atoms with Crippen LogP contribution in [0.25, 0.3) is 0 Å². The van der Waals surface area contributed by atoms with Crippen LogP contribution in [0.2, 0.25) is 0 Å². The zero-order valence-corrected chi connectivity index (χ0v) is 11.9. The first kappa shape index (κ1) is 12.8. The van der Waals surface area contributed by atoms with Gasteiger partial charge in [0.25, 0.3) is 17.3 Å². The number of likely N-dealkylation sites (N-methyl/N-ethyl adjacent to an activating group) is 1. The van der Waals surface area contributed by atoms with Crippen LogP contribution in [0.5, 0.6) is 11.5 Å². The molecule has 2 aliphatic heterocycles. The summed E-state index contributed by atoms with van der Waals surface area (Å²) in [4.78, 5) is 16.8. The summed E-state index contributed by atoms with van der Waals surface area (Å²) in [5.41, 5.74) is 0.885. The van der Waals surface area contributed by atoms with Gasteiger partial charge < -0.3 is 4.74 Å². The van der Waals surface area contributed by atoms with Crippen molar-refractivity contribution >= 4 is 17.3 Å². The summed E-state index contributed by atoms with van der Waals surface area (Å²) >= 11 is 0. The third kappa shape index (κ3) is 1.75. The Balaban J connectivity index is 1.98. The zero-order valence-electron chi connectivity index (χ0n) is 11.9. The quantitative estimate of drug-likeness (QED) is 0.457. The number of pyridine rings is 1. The fourth-order valence-corrected chi connectivity index (χ4v) is 2.89. The predicted molar refractivity (Wildman–Crippen MR) is 79.9 cm³/mol. The molecular formula is C15H13N4O3+. The smallest absolute Gasteiger partial charge is 0.291 e. The van der Waals surface area contributed by atoms with Gasteiger partial charge in [-0.05, 0) is 12.1 Å². The first-order valence-corrected chi connectivity index (χ1v) is 6.92. The summed E-state index contributed by atoms with van der Waals surface area (Å²) < 4.78 is 8.06. The lowest BCUT2D eigenvalue weighted by Gasteiger charge is -2.10. The Morgan fingerprint density at radius 3 is 3.00 bits per heavy atom. The first-order valence-electron chi connectivity index (χ1n) is 6.92. The van der Waals surface area contributed by atoms with Crippen LogP contribution < -0.4 is 9.64 Å². The average Bonchev–Trinajstić information content (AvgIpc) is 2.82. The van der Waals surface area contributed by atoms with Gasteiger partial charge in [0.1, 0.15) is 30.6 Å². The molecule has 0 N–H and O–H groups in total. The van der Waals surface area contributed by atoms with Crippen molar-refractivity contribution in [2.75, 3.05) is 25.0 Å². The van der Waals surface area contributed by atoms with Gasteiger partial charge >= 0.3 is 0 Å². The molecule has 0 radical (unpaired) electrons. The number of nitrogens with zero attached hydrogens (tertiary/aromatic N) is 4. The summed E-state index contributed by atoms with van der Waals surface area (Å²) in [6.07, 6.45) is 1.27. The highest BCUT2D eigenvalue weighted by Gasteiger charge is 2.39. The van der Waals surface area contributed by atoms with Crippen LogP contribution in [0, 0.1) is 10.1 Å². The molecule has 7 nitrogen and oxygen atoms in total. The Labute approximate surface area is 126 Å². The molecule has 0 unspecified atom stereocenters. The Bertz CT molecular complexity index is 831. The molecule has 1 aromatic heterocycles. The van der Waals surface area contributed by atoms with Crippen molar-refractivity contribution < 1.29 is 14.2 Å². The molecule has 3 heterocycles. The molecule has 0 fully saturated rings. The van der Waals surface area contributed by atoms with E-state index < -0.39 is 4.92 Å². The van der Waals surface area contributed by atoms with E-state index in [0.717, 1.165) is 24.5 Å². The van der Waals surface area contributed by atoms with Gasteiger partial charge in [0.05, 0.1) is 18.0 Å². The second kappa shape index (κ2) is 4.52. The Morgan fingerprint density at radius 1 is 1.36 bits per heavy atom. The highest BCUT2D eigenvalue weighted by Crippen LogP contribution is 2.40. The molecule has 0 amide bonds. The van der Waals surface area contributed by atoms with Crippen LogP contribution in [0.3, 0.4) is 0 Å². The van der Waals surface area contributed by atoms with Crippen LogP contribution in [0.1, 0.15) is 5.56 Å². The van der Waals surface area contributed by atoms with Gasteiger partial charge in [-0.15, -0.1) is 0 Å². The van der Waals surface area contributed by atoms with E-state index in [9.17, 15) is 10.1 Å². The van der Waals surface area contributed by atoms with E-state index in [1.807, 2.05) is 36.2 Å². The molecular weight excluding hydrogens is 284 g/mol. The maximum Gasteiger partial charge on any atom is 0.291 e. The van der Waals surface area contributed by atoms with Crippen LogP contribution >= 0.6 is 0 Å². The molecule has 22 heavy (non-hydrogen) atoms. The number of aromatic nitrogens is 1. The van der Waals surface area contributed by atoms with Crippen molar-refractivity contribution in [3.05, 3.63) is 52.2 Å². The van der Waals surface area contributed by atoms with Crippen LogP contribution in [-0.4, -0.2) is 40.5 Å². The van der Waals surface area contributed by atoms with E-state index in [1.165, 1.54) is 12.3 Å². The lowest BCUT2D eigenvalue weighted by Crippen LogP contribution is -2.29. The van der Waals surface area contributed by atoms with Crippen molar-refractivity contribution in [2.45, 2.75) is 0 Å². The van der Waals surface area contributed by atoms with Gasteiger partial charge in [0.15, 0.2) is 0 Å². The molecule has 0 atom stereocenters. The number of para-hydroxylation sites is 1. The lowest BCUT2D eigenvalue weighted by molar-refractivity contribution is -0.485. The number of rotatable bonds is 1. The predicted octanol–water partition coefficient (Wildman–Crippen LogP) is 2.00. The largest absolute Gasteiger partial charge is 0.450 e. The molecule has 110 valence electrons. The molecule has 2 aromatic rings. The number of fused-ring (bicyclic) bond motifs is 5. The number of hydrogen-bond donors (Lipinski definition) is 0. The highest BCUT2D eigenvalue weighted by molar-refractivity contribution is 6.10. The number of nitro groups is 1. The van der Waals surface area contributed by atoms with Gasteiger partial charge in [-0.25, -0.2) is 9.88 Å². The molecule has 4 rings (SSSR count). The monoisotopic (exact) mass is 297 g/mol. The third-order valence-corrected chi connectivity index (χ3v) is 3.91. The van der Waals surface area contributed by atoms with Crippen LogP contribution in [0.15, 0.2) is 36.5 Å². The second-order valence-electron chi connectivity index (χ2n) is 5.27. The topological polar surface area (TPSA) is 71.5 Å². The number of benzene rings is 1. The Kier molecular flexibility index (Phi) is 2.62. The van der Waals surface area contributed by atoms with Crippen molar-refractivity contribution in [1.29, 1.82) is 0 Å². The van der Waals surface area contributed by atoms with Gasteiger partial charge in [-0.1, -0.05) is 12.1 Å². The highest BCUT2D eigenvalue weighted by atomic mass is 16.6. The molecule has 0 aliphatic carbocycles. The fourth-order valence-electron chi connectivity index (χ4n) is 2.89. The Hall–Kier alpha value is -2.96. The number of anilines is 1. The summed E-state index contributed by atoms with van der Waals surface area (Å²) in [5.74, 6) is 2.71. The normalized spacial score (nSPS) is 15.6. The van der Waals surface area contributed by atoms with E-state index in [4.69, 9.17) is 4.74 Å². The maximum absolute atomic E-state index is 11.0. The van der Waals surface area contributed by atoms with Gasteiger partial charge in [-0.3, -0.25) is 14.7 Å². The molecule has 2 aliphatic rings. The molecule has 0 saturated carbocycles. The number of hydrogen-bond acceptors (Lipinski definition) is 5. The van der Waals surface area contributed by atoms with Crippen molar-refractivity contribution in [1.82, 2.24) is 4.98 Å². The van der Waals surface area contributed by atoms with Gasteiger partial charge in [0, 0.05) is 0 Å². The van der Waals surface area contributed by atoms with Crippen molar-refractivity contribution in [2.24, 2.45) is 0 Å². The SMILES string of the molecule is C[N+]1=C2c3ccccc3Oc3cc([N+](=O)[O-])cnc3N2CC1. The third-order valence-electron chi connectivity index (χ3n) is 3.91. The number of ether oxygens (including phenoxy) is 1. The second-order valence-corrected chi connectivity index (χ2v) is 5.27. The minimum Gasteiger partial charge on any atom is -0.450 e. The molecule has 0 spiro atoms. The average molecular weight is 297 g/mol. The van der Waals surface area contributed by atoms with Crippen LogP contribution in [-0.2, 0) is 0 Å². The molecule has 7 heteroatoms. The van der Waals surface area contributed by atoms with Crippen LogP contribution in [0.4, 0.5) is 11.5 Å². The summed E-state index contributed by atoms with van der Waals surface area (Å²) in [7, 11) is 2.02. The van der Waals surface area contributed by atoms with E-state index in [1.54, 1.807) is 0 Å². The minimum absolute atomic E-state index is 0.0766. The maximum atomic E-state index is 11.0. The van der Waals surface area contributed by atoms with Crippen molar-refractivity contribution in [3.63, 3.8) is 0 Å². The summed E-state index contributed by atoms with van der Waals surface area (Å²) in [6, 6.07) is 9.11.